The van der Waals surface area contributed by atoms with Crippen molar-refractivity contribution in [1.82, 2.24) is 9.55 Å². The lowest BCUT2D eigenvalue weighted by atomic mass is 9.95. The highest BCUT2D eigenvalue weighted by molar-refractivity contribution is 5.97. The van der Waals surface area contributed by atoms with E-state index in [1.807, 2.05) is 16.8 Å². The summed E-state index contributed by atoms with van der Waals surface area (Å²) in [5.41, 5.74) is 3.71. The molecule has 0 fully saturated rings. The molecule has 1 aromatic heterocycles. The highest BCUT2D eigenvalue weighted by Gasteiger charge is 2.13. The van der Waals surface area contributed by atoms with Crippen molar-refractivity contribution in [3.05, 3.63) is 114 Å². The number of hydrogen-bond donors (Lipinski definition) is 1. The summed E-state index contributed by atoms with van der Waals surface area (Å²) in [7, 11) is 0. The Kier molecular flexibility index (Phi) is 5.71. The van der Waals surface area contributed by atoms with E-state index in [0.29, 0.717) is 17.7 Å². The molecule has 0 radical (unpaired) electrons. The van der Waals surface area contributed by atoms with E-state index < -0.39 is 11.8 Å². The Morgan fingerprint density at radius 1 is 0.968 bits per heavy atom. The molecule has 0 spiro atoms. The van der Waals surface area contributed by atoms with Gasteiger partial charge < -0.3 is 9.67 Å². The number of nitrogens with zero attached hydrogens (tertiary/aromatic N) is 2. The highest BCUT2D eigenvalue weighted by Crippen LogP contribution is 2.28. The number of aromatic carboxylic acids is 1. The van der Waals surface area contributed by atoms with Crippen LogP contribution in [0.4, 0.5) is 8.78 Å². The van der Waals surface area contributed by atoms with Crippen molar-refractivity contribution in [3.8, 4) is 11.1 Å². The van der Waals surface area contributed by atoms with Gasteiger partial charge in [0.1, 0.15) is 11.6 Å². The van der Waals surface area contributed by atoms with Gasteiger partial charge in [0.15, 0.2) is 0 Å². The highest BCUT2D eigenvalue weighted by atomic mass is 19.1. The Labute approximate surface area is 177 Å². The summed E-state index contributed by atoms with van der Waals surface area (Å²) < 4.78 is 28.7. The number of rotatable bonds is 6. The molecule has 0 unspecified atom stereocenters. The summed E-state index contributed by atoms with van der Waals surface area (Å²) in [5, 5.41) is 9.59. The van der Waals surface area contributed by atoms with Gasteiger partial charge >= 0.3 is 5.97 Å². The fourth-order valence-corrected chi connectivity index (χ4v) is 3.37. The van der Waals surface area contributed by atoms with Gasteiger partial charge in [0.25, 0.3) is 0 Å². The molecule has 0 aliphatic heterocycles. The lowest BCUT2D eigenvalue weighted by Crippen LogP contribution is -2.01. The lowest BCUT2D eigenvalue weighted by Gasteiger charge is -2.12. The number of benzene rings is 3. The summed E-state index contributed by atoms with van der Waals surface area (Å²) in [4.78, 5) is 15.8. The molecule has 0 amide bonds. The maximum absolute atomic E-state index is 13.4. The zero-order valence-corrected chi connectivity index (χ0v) is 16.4. The number of hydrogen-bond acceptors (Lipinski definition) is 2. The molecule has 3 aromatic carbocycles. The van der Waals surface area contributed by atoms with E-state index in [-0.39, 0.29) is 11.4 Å². The van der Waals surface area contributed by atoms with Crippen molar-refractivity contribution in [2.24, 2.45) is 0 Å². The Hall–Kier alpha value is -4.06. The second kappa shape index (κ2) is 8.75. The second-order valence-corrected chi connectivity index (χ2v) is 7.03. The molecular formula is C25H18F2N2O2. The van der Waals surface area contributed by atoms with Gasteiger partial charge in [-0.1, -0.05) is 30.3 Å². The van der Waals surface area contributed by atoms with Crippen LogP contribution in [0.1, 0.15) is 21.5 Å². The van der Waals surface area contributed by atoms with E-state index in [0.717, 1.165) is 16.7 Å². The van der Waals surface area contributed by atoms with E-state index in [1.165, 1.54) is 30.3 Å². The van der Waals surface area contributed by atoms with Crippen molar-refractivity contribution in [1.29, 1.82) is 0 Å². The minimum atomic E-state index is -1.06. The summed E-state index contributed by atoms with van der Waals surface area (Å²) in [5.74, 6) is -1.78. The van der Waals surface area contributed by atoms with Crippen LogP contribution >= 0.6 is 0 Å². The first kappa shape index (κ1) is 20.2. The molecule has 1 heterocycles. The Morgan fingerprint density at radius 3 is 2.26 bits per heavy atom. The normalized spacial score (nSPS) is 11.5. The monoisotopic (exact) mass is 416 g/mol. The Balaban J connectivity index is 1.81. The molecule has 1 N–H and O–H groups in total. The third-order valence-corrected chi connectivity index (χ3v) is 4.90. The van der Waals surface area contributed by atoms with Crippen LogP contribution in [0.3, 0.4) is 0 Å². The smallest absolute Gasteiger partial charge is 0.336 e. The minimum absolute atomic E-state index is 0.127. The van der Waals surface area contributed by atoms with Crippen LogP contribution in [0.15, 0.2) is 85.5 Å². The van der Waals surface area contributed by atoms with Crippen LogP contribution in [0.5, 0.6) is 0 Å². The SMILES string of the molecule is O=C(O)c1ccc(C=C(Cn2ccnc2)c2ccc(F)cc2)cc1-c1ccc(F)cc1. The Bertz CT molecular complexity index is 1230. The fraction of sp³-hybridized carbons (Fsp3) is 0.0400. The fourth-order valence-electron chi connectivity index (χ4n) is 3.37. The number of carboxylic acid groups (broad SMARTS) is 1. The van der Waals surface area contributed by atoms with Crippen molar-refractivity contribution in [2.45, 2.75) is 6.54 Å². The first-order chi connectivity index (χ1) is 15.0. The third-order valence-electron chi connectivity index (χ3n) is 4.90. The molecular weight excluding hydrogens is 398 g/mol. The minimum Gasteiger partial charge on any atom is -0.478 e. The largest absolute Gasteiger partial charge is 0.478 e. The van der Waals surface area contributed by atoms with Crippen LogP contribution in [-0.4, -0.2) is 20.6 Å². The molecule has 0 aliphatic rings. The van der Waals surface area contributed by atoms with E-state index in [2.05, 4.69) is 4.98 Å². The maximum Gasteiger partial charge on any atom is 0.336 e. The average Bonchev–Trinajstić information content (AvgIpc) is 3.27. The zero-order valence-electron chi connectivity index (χ0n) is 16.4. The number of imidazole rings is 1. The quantitative estimate of drug-likeness (QED) is 0.406. The average molecular weight is 416 g/mol. The number of aromatic nitrogens is 2. The Morgan fingerprint density at radius 2 is 1.65 bits per heavy atom. The van der Waals surface area contributed by atoms with E-state index in [4.69, 9.17) is 0 Å². The first-order valence-electron chi connectivity index (χ1n) is 9.55. The third kappa shape index (κ3) is 4.75. The van der Waals surface area contributed by atoms with Gasteiger partial charge in [-0.15, -0.1) is 0 Å². The first-order valence-corrected chi connectivity index (χ1v) is 9.55. The number of carboxylic acids is 1. The predicted molar refractivity (Wildman–Crippen MR) is 115 cm³/mol. The standard InChI is InChI=1S/C25H18F2N2O2/c26-21-6-2-18(3-7-21)20(15-29-12-11-28-16-29)13-17-1-10-23(25(30)31)24(14-17)19-4-8-22(27)9-5-19/h1-14,16H,15H2,(H,30,31). The van der Waals surface area contributed by atoms with Crippen LogP contribution in [0.2, 0.25) is 0 Å². The van der Waals surface area contributed by atoms with Gasteiger partial charge in [0, 0.05) is 18.9 Å². The molecule has 0 atom stereocenters. The topological polar surface area (TPSA) is 55.1 Å². The van der Waals surface area contributed by atoms with Gasteiger partial charge in [0.05, 0.1) is 11.9 Å². The summed E-state index contributed by atoms with van der Waals surface area (Å²) in [6.07, 6.45) is 7.12. The molecule has 4 nitrogen and oxygen atoms in total. The van der Waals surface area contributed by atoms with Crippen LogP contribution < -0.4 is 0 Å². The molecule has 6 heteroatoms. The second-order valence-electron chi connectivity index (χ2n) is 7.03. The number of halogens is 2. The van der Waals surface area contributed by atoms with Crippen molar-refractivity contribution in [2.75, 3.05) is 0 Å². The van der Waals surface area contributed by atoms with Gasteiger partial charge in [-0.3, -0.25) is 0 Å². The van der Waals surface area contributed by atoms with Gasteiger partial charge in [0.2, 0.25) is 0 Å². The van der Waals surface area contributed by atoms with Crippen molar-refractivity contribution in [3.63, 3.8) is 0 Å². The zero-order chi connectivity index (χ0) is 21.8. The van der Waals surface area contributed by atoms with Gasteiger partial charge in [-0.2, -0.15) is 0 Å². The lowest BCUT2D eigenvalue weighted by molar-refractivity contribution is 0.0697. The molecule has 0 bridgehead atoms. The molecule has 0 saturated heterocycles. The van der Waals surface area contributed by atoms with E-state index in [9.17, 15) is 18.7 Å². The van der Waals surface area contributed by atoms with E-state index >= 15 is 0 Å². The van der Waals surface area contributed by atoms with Crippen LogP contribution in [0, 0.1) is 11.6 Å². The van der Waals surface area contributed by atoms with Crippen LogP contribution in [0.25, 0.3) is 22.8 Å². The number of allylic oxidation sites excluding steroid dienone is 1. The summed E-state index contributed by atoms with van der Waals surface area (Å²) in [6.45, 7) is 0.498. The molecule has 4 rings (SSSR count). The van der Waals surface area contributed by atoms with Crippen molar-refractivity contribution < 1.29 is 18.7 Å². The number of carbonyl (C=O) groups is 1. The molecule has 0 saturated carbocycles. The van der Waals surface area contributed by atoms with Gasteiger partial charge in [-0.05, 0) is 70.3 Å². The van der Waals surface area contributed by atoms with Crippen LogP contribution in [-0.2, 0) is 6.54 Å². The summed E-state index contributed by atoms with van der Waals surface area (Å²) >= 11 is 0. The van der Waals surface area contributed by atoms with E-state index in [1.54, 1.807) is 48.9 Å². The molecule has 4 aromatic rings. The molecule has 154 valence electrons. The molecule has 31 heavy (non-hydrogen) atoms. The van der Waals surface area contributed by atoms with Gasteiger partial charge in [-0.25, -0.2) is 18.6 Å². The molecule has 0 aliphatic carbocycles. The maximum atomic E-state index is 13.4. The van der Waals surface area contributed by atoms with Crippen molar-refractivity contribution >= 4 is 17.6 Å². The predicted octanol–water partition coefficient (Wildman–Crippen LogP) is 5.77. The summed E-state index contributed by atoms with van der Waals surface area (Å²) in [6, 6.07) is 16.9.